The normalized spacial score (nSPS) is 19.7. The Balaban J connectivity index is 1.43. The van der Waals surface area contributed by atoms with Gasteiger partial charge in [0.15, 0.2) is 0 Å². The number of carbonyl (C=O) groups excluding carboxylic acids is 3. The van der Waals surface area contributed by atoms with E-state index in [-0.39, 0.29) is 22.3 Å². The third-order valence-corrected chi connectivity index (χ3v) is 10.9. The Hall–Kier alpha value is -3.09. The van der Waals surface area contributed by atoms with E-state index in [0.29, 0.717) is 26.8 Å². The molecule has 208 valence electrons. The maximum Gasteiger partial charge on any atom is 0.308 e. The van der Waals surface area contributed by atoms with Crippen molar-refractivity contribution in [1.82, 2.24) is 4.57 Å². The van der Waals surface area contributed by atoms with Crippen LogP contribution in [0.1, 0.15) is 16.4 Å². The molecule has 0 aliphatic carbocycles. The first kappa shape index (κ1) is 28.0. The molecule has 0 radical (unpaired) electrons. The summed E-state index contributed by atoms with van der Waals surface area (Å²) in [6.45, 7) is -0.315. The molecule has 3 heterocycles. The lowest BCUT2D eigenvalue weighted by atomic mass is 9.83. The van der Waals surface area contributed by atoms with E-state index >= 15 is 0 Å². The Bertz CT molecular complexity index is 1770. The number of aromatic nitrogens is 1. The number of carbonyl (C=O) groups is 3. The highest BCUT2D eigenvalue weighted by atomic mass is 79.9. The molecule has 2 aliphatic rings. The van der Waals surface area contributed by atoms with Crippen LogP contribution >= 0.6 is 62.2 Å². The van der Waals surface area contributed by atoms with Gasteiger partial charge >= 0.3 is 4.87 Å². The van der Waals surface area contributed by atoms with Crippen molar-refractivity contribution in [1.29, 1.82) is 0 Å². The van der Waals surface area contributed by atoms with Gasteiger partial charge in [-0.2, -0.15) is 0 Å². The van der Waals surface area contributed by atoms with E-state index in [4.69, 9.17) is 23.2 Å². The maximum atomic E-state index is 14.0. The number of nitrogens with zero attached hydrogens (tertiary/aromatic N) is 2. The minimum Gasteiger partial charge on any atom is -0.508 e. The number of benzene rings is 3. The molecule has 13 heteroatoms. The number of nitrogens with one attached hydrogen (secondary N) is 1. The molecule has 2 N–H and O–H groups in total. The van der Waals surface area contributed by atoms with Gasteiger partial charge < -0.3 is 10.4 Å². The van der Waals surface area contributed by atoms with E-state index in [1.165, 1.54) is 33.7 Å². The van der Waals surface area contributed by atoms with Crippen LogP contribution in [0.3, 0.4) is 0 Å². The van der Waals surface area contributed by atoms with Crippen molar-refractivity contribution >= 4 is 91.3 Å². The number of phenols is 1. The van der Waals surface area contributed by atoms with Crippen molar-refractivity contribution < 1.29 is 19.5 Å². The number of aromatic hydroxyl groups is 1. The van der Waals surface area contributed by atoms with E-state index < -0.39 is 39.7 Å². The monoisotopic (exact) mass is 689 g/mol. The van der Waals surface area contributed by atoms with Crippen LogP contribution in [0.25, 0.3) is 0 Å². The molecule has 4 aromatic rings. The van der Waals surface area contributed by atoms with E-state index in [1.807, 2.05) is 0 Å². The van der Waals surface area contributed by atoms with Crippen LogP contribution in [0.5, 0.6) is 5.75 Å². The molecule has 2 aliphatic heterocycles. The lowest BCUT2D eigenvalue weighted by Crippen LogP contribution is -2.33. The topological polar surface area (TPSA) is 109 Å². The van der Waals surface area contributed by atoms with E-state index in [9.17, 15) is 24.3 Å². The number of thioether (sulfide) groups is 1. The van der Waals surface area contributed by atoms with Crippen molar-refractivity contribution in [2.45, 2.75) is 22.7 Å². The number of amides is 3. The predicted octanol–water partition coefficient (Wildman–Crippen LogP) is 6.12. The number of phenolic OH excluding ortho intramolecular Hbond substituents is 1. The van der Waals surface area contributed by atoms with E-state index in [1.54, 1.807) is 42.5 Å². The Morgan fingerprint density at radius 3 is 2.39 bits per heavy atom. The summed E-state index contributed by atoms with van der Waals surface area (Å²) in [6, 6.07) is 17.9. The highest BCUT2D eigenvalue weighted by Gasteiger charge is 2.57. The number of imide groups is 1. The van der Waals surface area contributed by atoms with Crippen LogP contribution in [-0.2, 0) is 20.9 Å². The molecule has 2 unspecified atom stereocenters. The molecule has 1 aromatic heterocycles. The highest BCUT2D eigenvalue weighted by molar-refractivity contribution is 9.10. The molecule has 8 nitrogen and oxygen atoms in total. The Morgan fingerprint density at radius 2 is 1.68 bits per heavy atom. The van der Waals surface area contributed by atoms with Crippen LogP contribution in [-0.4, -0.2) is 32.6 Å². The zero-order valence-electron chi connectivity index (χ0n) is 20.7. The van der Waals surface area contributed by atoms with Gasteiger partial charge in [-0.25, -0.2) is 4.90 Å². The third-order valence-electron chi connectivity index (χ3n) is 6.90. The van der Waals surface area contributed by atoms with Gasteiger partial charge in [-0.3, -0.25) is 23.7 Å². The number of fused-ring (bicyclic) bond motifs is 2. The maximum absolute atomic E-state index is 14.0. The van der Waals surface area contributed by atoms with Crippen molar-refractivity contribution in [2.24, 2.45) is 5.92 Å². The summed E-state index contributed by atoms with van der Waals surface area (Å²) in [5, 5.41) is 12.3. The molecule has 1 saturated heterocycles. The molecule has 0 spiro atoms. The zero-order valence-corrected chi connectivity index (χ0v) is 25.4. The van der Waals surface area contributed by atoms with Crippen molar-refractivity contribution in [3.8, 4) is 5.75 Å². The Labute approximate surface area is 260 Å². The summed E-state index contributed by atoms with van der Waals surface area (Å²) in [5.74, 6) is -2.83. The van der Waals surface area contributed by atoms with Gasteiger partial charge in [0.2, 0.25) is 17.7 Å². The van der Waals surface area contributed by atoms with Crippen LogP contribution < -0.4 is 15.1 Å². The van der Waals surface area contributed by atoms with Gasteiger partial charge in [0.1, 0.15) is 17.5 Å². The van der Waals surface area contributed by atoms with Gasteiger partial charge in [0, 0.05) is 21.0 Å². The fraction of sp³-hybridized carbons (Fsp3) is 0.143. The van der Waals surface area contributed by atoms with E-state index in [0.717, 1.165) is 27.6 Å². The first-order chi connectivity index (χ1) is 19.6. The lowest BCUT2D eigenvalue weighted by molar-refractivity contribution is -0.122. The summed E-state index contributed by atoms with van der Waals surface area (Å²) in [5.41, 5.74) is 1.41. The first-order valence-electron chi connectivity index (χ1n) is 12.2. The number of thiazole rings is 1. The molecule has 1 fully saturated rings. The molecular weight excluding hydrogens is 673 g/mol. The minimum absolute atomic E-state index is 0.0516. The summed E-state index contributed by atoms with van der Waals surface area (Å²) in [4.78, 5) is 55.3. The average molecular weight is 691 g/mol. The summed E-state index contributed by atoms with van der Waals surface area (Å²) >= 11 is 18.4. The fourth-order valence-electron chi connectivity index (χ4n) is 5.08. The van der Waals surface area contributed by atoms with E-state index in [2.05, 4.69) is 21.2 Å². The average Bonchev–Trinajstić information content (AvgIpc) is 3.38. The quantitative estimate of drug-likeness (QED) is 0.193. The second-order valence-electron chi connectivity index (χ2n) is 9.39. The Kier molecular flexibility index (Phi) is 7.50. The minimum atomic E-state index is -0.862. The molecule has 3 atom stereocenters. The molecule has 0 bridgehead atoms. The lowest BCUT2D eigenvalue weighted by Gasteiger charge is -2.31. The van der Waals surface area contributed by atoms with Crippen LogP contribution in [0, 0.1) is 5.92 Å². The van der Waals surface area contributed by atoms with Gasteiger partial charge in [-0.1, -0.05) is 74.4 Å². The first-order valence-corrected chi connectivity index (χ1v) is 15.4. The number of hydrogen-bond acceptors (Lipinski definition) is 7. The summed E-state index contributed by atoms with van der Waals surface area (Å²) in [6.07, 6.45) is 0. The smallest absolute Gasteiger partial charge is 0.308 e. The standard InChI is InChI=1S/C28H18BrCl2N3O5S2/c29-13-4-8-15(9-5-13)34-25(37)21-20(17-2-1-3-18(30)22(17)31)24-27(40-23(21)26(34)38)33(28(39)41-24)12-19(36)32-14-6-10-16(35)11-7-14/h1-11,20-21,23,35H,12H2,(H,32,36)/t20-,21?,23?/m1/s1. The Morgan fingerprint density at radius 1 is 0.976 bits per heavy atom. The molecule has 41 heavy (non-hydrogen) atoms. The number of hydrogen-bond donors (Lipinski definition) is 2. The molecule has 6 rings (SSSR count). The van der Waals surface area contributed by atoms with Crippen molar-refractivity contribution in [2.75, 3.05) is 10.2 Å². The summed E-state index contributed by atoms with van der Waals surface area (Å²) in [7, 11) is 0. The largest absolute Gasteiger partial charge is 0.508 e. The van der Waals surface area contributed by atoms with Crippen LogP contribution in [0.4, 0.5) is 11.4 Å². The van der Waals surface area contributed by atoms with Gasteiger partial charge in [0.25, 0.3) is 0 Å². The molecule has 0 saturated carbocycles. The third kappa shape index (κ3) is 4.99. The fourth-order valence-corrected chi connectivity index (χ4v) is 8.54. The second-order valence-corrected chi connectivity index (χ2v) is 13.2. The number of anilines is 2. The summed E-state index contributed by atoms with van der Waals surface area (Å²) < 4.78 is 2.12. The highest BCUT2D eigenvalue weighted by Crippen LogP contribution is 2.55. The zero-order chi connectivity index (χ0) is 29.0. The molecule has 3 aromatic carbocycles. The van der Waals surface area contributed by atoms with Gasteiger partial charge in [-0.15, -0.1) is 0 Å². The SMILES string of the molecule is O=C(Cn1c2c(sc1=O)[C@H](c1cccc(Cl)c1Cl)C1C(=O)N(c3ccc(Br)cc3)C(=O)C1S2)Nc1ccc(O)cc1. The number of halogens is 3. The van der Waals surface area contributed by atoms with Crippen LogP contribution in [0.2, 0.25) is 10.0 Å². The van der Waals surface area contributed by atoms with Crippen LogP contribution in [0.15, 0.2) is 81.0 Å². The van der Waals surface area contributed by atoms with Crippen molar-refractivity contribution in [3.63, 3.8) is 0 Å². The van der Waals surface area contributed by atoms with Gasteiger partial charge in [0.05, 0.1) is 26.7 Å². The predicted molar refractivity (Wildman–Crippen MR) is 163 cm³/mol. The second kappa shape index (κ2) is 11.0. The molecular formula is C28H18BrCl2N3O5S2. The van der Waals surface area contributed by atoms with Gasteiger partial charge in [-0.05, 0) is 60.2 Å². The number of rotatable bonds is 5. The van der Waals surface area contributed by atoms with Crippen molar-refractivity contribution in [3.05, 3.63) is 101 Å². The molecule has 3 amide bonds.